The number of halogens is 2. The highest BCUT2D eigenvalue weighted by Gasteiger charge is 2.40. The molecule has 0 aliphatic heterocycles. The number of carbonyl (C=O) groups excluding carboxylic acids is 1. The van der Waals surface area contributed by atoms with Crippen LogP contribution in [0.3, 0.4) is 0 Å². The molecule has 1 aliphatic rings. The number of benzene rings is 2. The van der Waals surface area contributed by atoms with Crippen LogP contribution in [0.1, 0.15) is 51.0 Å². The first-order chi connectivity index (χ1) is 18.3. The lowest BCUT2D eigenvalue weighted by Crippen LogP contribution is -2.54. The van der Waals surface area contributed by atoms with Gasteiger partial charge in [-0.1, -0.05) is 74.7 Å². The molecule has 6 nitrogen and oxygen atoms in total. The highest BCUT2D eigenvalue weighted by atomic mass is 32.2. The summed E-state index contributed by atoms with van der Waals surface area (Å²) in [5.74, 6) is -1.30. The molecule has 9 heteroatoms. The average molecular weight is 551 g/mol. The first-order valence-corrected chi connectivity index (χ1v) is 14.9. The predicted octanol–water partition coefficient (Wildman–Crippen LogP) is 4.68. The summed E-state index contributed by atoms with van der Waals surface area (Å²) < 4.78 is 54.8. The summed E-state index contributed by atoms with van der Waals surface area (Å²) in [6.45, 7) is -0.903. The molecule has 0 unspecified atom stereocenters. The summed E-state index contributed by atoms with van der Waals surface area (Å²) in [7, 11) is -4.16. The number of aliphatic hydroxyl groups excluding tert-OH is 1. The van der Waals surface area contributed by atoms with Gasteiger partial charge >= 0.3 is 0 Å². The van der Waals surface area contributed by atoms with Crippen molar-refractivity contribution in [1.82, 2.24) is 9.62 Å². The minimum atomic E-state index is -4.16. The van der Waals surface area contributed by atoms with Crippen LogP contribution >= 0.6 is 0 Å². The zero-order chi connectivity index (χ0) is 27.6. The van der Waals surface area contributed by atoms with Crippen molar-refractivity contribution < 1.29 is 27.1 Å². The van der Waals surface area contributed by atoms with E-state index in [0.717, 1.165) is 42.0 Å². The molecule has 1 aliphatic carbocycles. The van der Waals surface area contributed by atoms with Crippen LogP contribution in [0.5, 0.6) is 0 Å². The van der Waals surface area contributed by atoms with Crippen LogP contribution < -0.4 is 5.32 Å². The molecule has 0 saturated heterocycles. The quantitative estimate of drug-likeness (QED) is 0.358. The molecule has 3 rings (SSSR count). The van der Waals surface area contributed by atoms with Crippen molar-refractivity contribution in [3.05, 3.63) is 66.2 Å². The topological polar surface area (TPSA) is 86.7 Å². The van der Waals surface area contributed by atoms with Crippen LogP contribution in [-0.2, 0) is 21.2 Å². The lowest BCUT2D eigenvalue weighted by atomic mass is 9.71. The molecule has 38 heavy (non-hydrogen) atoms. The molecule has 0 spiro atoms. The van der Waals surface area contributed by atoms with Gasteiger partial charge in [0.2, 0.25) is 15.9 Å². The van der Waals surface area contributed by atoms with Crippen molar-refractivity contribution in [3.8, 4) is 0 Å². The van der Waals surface area contributed by atoms with Gasteiger partial charge in [0.15, 0.2) is 0 Å². The largest absolute Gasteiger partial charge is 0.390 e. The van der Waals surface area contributed by atoms with E-state index in [1.54, 1.807) is 18.2 Å². The van der Waals surface area contributed by atoms with Crippen LogP contribution in [-0.4, -0.2) is 62.3 Å². The molecule has 0 heterocycles. The molecule has 210 valence electrons. The molecule has 2 aromatic carbocycles. The summed E-state index contributed by atoms with van der Waals surface area (Å²) in [6, 6.07) is 16.2. The SMILES string of the molecule is CCC1(C(=O)N[C@@H](Cc2ccccc2)[C@H](O)CN(CC(CF)CF)S(=O)(=O)c2ccccc2)CCCCC1. The van der Waals surface area contributed by atoms with Gasteiger partial charge in [-0.3, -0.25) is 13.6 Å². The van der Waals surface area contributed by atoms with Gasteiger partial charge in [-0.05, 0) is 43.4 Å². The van der Waals surface area contributed by atoms with E-state index in [1.165, 1.54) is 12.1 Å². The Balaban J connectivity index is 1.90. The fourth-order valence-corrected chi connectivity index (χ4v) is 6.77. The number of nitrogens with one attached hydrogen (secondary N) is 1. The maximum atomic E-state index is 13.6. The molecule has 1 fully saturated rings. The van der Waals surface area contributed by atoms with E-state index >= 15 is 0 Å². The smallest absolute Gasteiger partial charge is 0.243 e. The lowest BCUT2D eigenvalue weighted by molar-refractivity contribution is -0.135. The number of aliphatic hydroxyl groups is 1. The van der Waals surface area contributed by atoms with Gasteiger partial charge in [0.05, 0.1) is 30.4 Å². The van der Waals surface area contributed by atoms with E-state index in [-0.39, 0.29) is 17.2 Å². The summed E-state index contributed by atoms with van der Waals surface area (Å²) in [6.07, 6.45) is 4.20. The second-order valence-corrected chi connectivity index (χ2v) is 12.3. The monoisotopic (exact) mass is 550 g/mol. The van der Waals surface area contributed by atoms with Gasteiger partial charge < -0.3 is 10.4 Å². The van der Waals surface area contributed by atoms with Gasteiger partial charge in [0.25, 0.3) is 0 Å². The second-order valence-electron chi connectivity index (χ2n) is 10.3. The zero-order valence-electron chi connectivity index (χ0n) is 22.1. The Kier molecular flexibility index (Phi) is 11.2. The maximum Gasteiger partial charge on any atom is 0.243 e. The van der Waals surface area contributed by atoms with Crippen molar-refractivity contribution in [1.29, 1.82) is 0 Å². The van der Waals surface area contributed by atoms with E-state index in [4.69, 9.17) is 0 Å². The summed E-state index contributed by atoms with van der Waals surface area (Å²) in [4.78, 5) is 13.5. The number of sulfonamides is 1. The van der Waals surface area contributed by atoms with E-state index in [1.807, 2.05) is 37.3 Å². The highest BCUT2D eigenvalue weighted by molar-refractivity contribution is 7.89. The molecule has 2 atom stereocenters. The maximum absolute atomic E-state index is 13.6. The first-order valence-electron chi connectivity index (χ1n) is 13.5. The van der Waals surface area contributed by atoms with E-state index in [9.17, 15) is 27.1 Å². The minimum Gasteiger partial charge on any atom is -0.390 e. The number of nitrogens with zero attached hydrogens (tertiary/aromatic N) is 1. The third kappa shape index (κ3) is 7.61. The van der Waals surface area contributed by atoms with Crippen LogP contribution in [0.15, 0.2) is 65.6 Å². The van der Waals surface area contributed by atoms with Crippen LogP contribution in [0.2, 0.25) is 0 Å². The van der Waals surface area contributed by atoms with Gasteiger partial charge in [-0.25, -0.2) is 8.42 Å². The molecule has 1 amide bonds. The van der Waals surface area contributed by atoms with E-state index in [2.05, 4.69) is 5.32 Å². The molecule has 2 N–H and O–H groups in total. The van der Waals surface area contributed by atoms with Crippen LogP contribution in [0.4, 0.5) is 8.78 Å². The fraction of sp³-hybridized carbons (Fsp3) is 0.552. The Labute approximate surface area is 225 Å². The lowest BCUT2D eigenvalue weighted by Gasteiger charge is -2.38. The molecule has 0 aromatic heterocycles. The zero-order valence-corrected chi connectivity index (χ0v) is 22.9. The normalized spacial score (nSPS) is 17.3. The first kappa shape index (κ1) is 30.2. The third-order valence-corrected chi connectivity index (χ3v) is 9.56. The number of hydrogen-bond donors (Lipinski definition) is 2. The Morgan fingerprint density at radius 1 is 0.974 bits per heavy atom. The average Bonchev–Trinajstić information content (AvgIpc) is 2.96. The number of hydrogen-bond acceptors (Lipinski definition) is 4. The van der Waals surface area contributed by atoms with E-state index in [0.29, 0.717) is 6.42 Å². The Bertz CT molecular complexity index is 1090. The molecular formula is C29H40F2N2O4S. The van der Waals surface area contributed by atoms with Gasteiger partial charge in [0.1, 0.15) is 0 Å². The Hall–Kier alpha value is -2.36. The Morgan fingerprint density at radius 2 is 1.55 bits per heavy atom. The van der Waals surface area contributed by atoms with Gasteiger partial charge in [0, 0.05) is 24.4 Å². The van der Waals surface area contributed by atoms with Crippen molar-refractivity contribution >= 4 is 15.9 Å². The molecule has 0 bridgehead atoms. The van der Waals surface area contributed by atoms with Crippen molar-refractivity contribution in [2.24, 2.45) is 11.3 Å². The summed E-state index contributed by atoms with van der Waals surface area (Å²) in [5, 5.41) is 14.5. The second kappa shape index (κ2) is 14.1. The van der Waals surface area contributed by atoms with Gasteiger partial charge in [-0.2, -0.15) is 4.31 Å². The highest BCUT2D eigenvalue weighted by Crippen LogP contribution is 2.39. The van der Waals surface area contributed by atoms with Crippen molar-refractivity contribution in [2.75, 3.05) is 26.4 Å². The standard InChI is InChI=1S/C29H40F2N2O4S/c1-2-29(16-10-5-11-17-29)28(35)32-26(18-23-12-6-3-7-13-23)27(34)22-33(21-24(19-30)20-31)38(36,37)25-14-8-4-9-15-25/h3-4,6-9,12-15,24,26-27,34H,2,5,10-11,16-22H2,1H3,(H,32,35)/t26-,27+/m0/s1. The molecule has 1 saturated carbocycles. The number of carbonyl (C=O) groups is 1. The molecular weight excluding hydrogens is 510 g/mol. The van der Waals surface area contributed by atoms with E-state index < -0.39 is 59.9 Å². The third-order valence-electron chi connectivity index (χ3n) is 7.72. The van der Waals surface area contributed by atoms with Crippen molar-refractivity contribution in [3.63, 3.8) is 0 Å². The molecule has 0 radical (unpaired) electrons. The predicted molar refractivity (Wildman–Crippen MR) is 145 cm³/mol. The minimum absolute atomic E-state index is 0.0283. The number of alkyl halides is 2. The van der Waals surface area contributed by atoms with Gasteiger partial charge in [-0.15, -0.1) is 0 Å². The fourth-order valence-electron chi connectivity index (χ4n) is 5.22. The van der Waals surface area contributed by atoms with Crippen molar-refractivity contribution in [2.45, 2.75) is 68.9 Å². The number of amides is 1. The summed E-state index contributed by atoms with van der Waals surface area (Å²) >= 11 is 0. The number of rotatable bonds is 14. The Morgan fingerprint density at radius 3 is 2.11 bits per heavy atom. The van der Waals surface area contributed by atoms with Crippen LogP contribution in [0.25, 0.3) is 0 Å². The summed E-state index contributed by atoms with van der Waals surface area (Å²) in [5.41, 5.74) is 0.352. The molecule has 2 aromatic rings. The van der Waals surface area contributed by atoms with Crippen LogP contribution in [0, 0.1) is 11.3 Å².